The second-order valence-corrected chi connectivity index (χ2v) is 5.72. The maximum atomic E-state index is 12.2. The van der Waals surface area contributed by atoms with Gasteiger partial charge in [-0.15, -0.1) is 13.2 Å². The van der Waals surface area contributed by atoms with Crippen molar-refractivity contribution in [3.8, 4) is 5.75 Å². The number of aryl methyl sites for hydroxylation is 1. The van der Waals surface area contributed by atoms with Crippen molar-refractivity contribution in [2.45, 2.75) is 19.2 Å². The highest BCUT2D eigenvalue weighted by Crippen LogP contribution is 2.31. The van der Waals surface area contributed by atoms with Crippen LogP contribution in [0.25, 0.3) is 0 Å². The predicted octanol–water partition coefficient (Wildman–Crippen LogP) is 3.61. The van der Waals surface area contributed by atoms with Crippen LogP contribution in [0.15, 0.2) is 22.7 Å². The summed E-state index contributed by atoms with van der Waals surface area (Å²) in [5.41, 5.74) is 0.990. The zero-order chi connectivity index (χ0) is 15.3. The van der Waals surface area contributed by atoms with Crippen LogP contribution in [0.5, 0.6) is 5.75 Å². The van der Waals surface area contributed by atoms with Gasteiger partial charge < -0.3 is 9.47 Å². The third-order valence-corrected chi connectivity index (χ3v) is 3.89. The van der Waals surface area contributed by atoms with Gasteiger partial charge in [0.15, 0.2) is 0 Å². The molecule has 1 saturated heterocycles. The molecule has 21 heavy (non-hydrogen) atoms. The molecule has 0 bridgehead atoms. The van der Waals surface area contributed by atoms with E-state index >= 15 is 0 Å². The van der Waals surface area contributed by atoms with E-state index in [4.69, 9.17) is 4.74 Å². The van der Waals surface area contributed by atoms with E-state index in [1.807, 2.05) is 0 Å². The van der Waals surface area contributed by atoms with Crippen LogP contribution in [-0.2, 0) is 11.2 Å². The molecule has 0 saturated carbocycles. The lowest BCUT2D eigenvalue weighted by Gasteiger charge is -2.26. The maximum Gasteiger partial charge on any atom is 0.573 e. The van der Waals surface area contributed by atoms with Gasteiger partial charge in [0.1, 0.15) is 5.75 Å². The summed E-state index contributed by atoms with van der Waals surface area (Å²) < 4.78 is 46.0. The van der Waals surface area contributed by atoms with Gasteiger partial charge in [0.05, 0.1) is 17.7 Å². The smallest absolute Gasteiger partial charge is 0.405 e. The van der Waals surface area contributed by atoms with Crippen molar-refractivity contribution in [1.82, 2.24) is 4.90 Å². The SMILES string of the molecule is FC(F)(F)Oc1ccc(CCCN2CCOCC2)cc1Br. The fourth-order valence-electron chi connectivity index (χ4n) is 2.24. The van der Waals surface area contributed by atoms with Crippen LogP contribution in [0.3, 0.4) is 0 Å². The number of ether oxygens (including phenoxy) is 2. The van der Waals surface area contributed by atoms with Gasteiger partial charge in [-0.2, -0.15) is 0 Å². The van der Waals surface area contributed by atoms with Crippen LogP contribution in [0.1, 0.15) is 12.0 Å². The summed E-state index contributed by atoms with van der Waals surface area (Å²) >= 11 is 3.12. The molecule has 0 radical (unpaired) electrons. The number of benzene rings is 1. The molecule has 1 heterocycles. The van der Waals surface area contributed by atoms with Crippen LogP contribution in [-0.4, -0.2) is 44.1 Å². The van der Waals surface area contributed by atoms with E-state index in [1.54, 1.807) is 12.1 Å². The highest BCUT2D eigenvalue weighted by molar-refractivity contribution is 9.10. The zero-order valence-corrected chi connectivity index (χ0v) is 13.0. The van der Waals surface area contributed by atoms with Gasteiger partial charge in [-0.05, 0) is 53.0 Å². The largest absolute Gasteiger partial charge is 0.573 e. The van der Waals surface area contributed by atoms with Gasteiger partial charge in [-0.1, -0.05) is 6.07 Å². The molecular weight excluding hydrogens is 351 g/mol. The molecule has 0 amide bonds. The normalized spacial score (nSPS) is 17.0. The molecule has 1 aliphatic rings. The van der Waals surface area contributed by atoms with Crippen molar-refractivity contribution in [3.05, 3.63) is 28.2 Å². The molecule has 3 nitrogen and oxygen atoms in total. The Balaban J connectivity index is 1.82. The lowest BCUT2D eigenvalue weighted by molar-refractivity contribution is -0.274. The maximum absolute atomic E-state index is 12.2. The molecule has 1 aromatic rings. The Labute approximate surface area is 130 Å². The van der Waals surface area contributed by atoms with Crippen LogP contribution < -0.4 is 4.74 Å². The Bertz CT molecular complexity index is 462. The first-order valence-corrected chi connectivity index (χ1v) is 7.57. The van der Waals surface area contributed by atoms with Gasteiger partial charge in [0, 0.05) is 13.1 Å². The van der Waals surface area contributed by atoms with Crippen LogP contribution in [0.4, 0.5) is 13.2 Å². The fraction of sp³-hybridized carbons (Fsp3) is 0.571. The molecule has 7 heteroatoms. The first-order valence-electron chi connectivity index (χ1n) is 6.78. The van der Waals surface area contributed by atoms with Gasteiger partial charge in [0.2, 0.25) is 0 Å². The van der Waals surface area contributed by atoms with E-state index in [0.717, 1.165) is 51.3 Å². The Morgan fingerprint density at radius 2 is 1.95 bits per heavy atom. The second-order valence-electron chi connectivity index (χ2n) is 4.87. The number of morpholine rings is 1. The first kappa shape index (κ1) is 16.6. The minimum Gasteiger partial charge on any atom is -0.405 e. The van der Waals surface area contributed by atoms with Gasteiger partial charge in [-0.3, -0.25) is 4.90 Å². The molecule has 2 rings (SSSR count). The number of alkyl halides is 3. The summed E-state index contributed by atoms with van der Waals surface area (Å²) in [4.78, 5) is 2.33. The Kier molecular flexibility index (Phi) is 5.89. The highest BCUT2D eigenvalue weighted by Gasteiger charge is 2.31. The lowest BCUT2D eigenvalue weighted by atomic mass is 10.1. The summed E-state index contributed by atoms with van der Waals surface area (Å²) in [7, 11) is 0. The van der Waals surface area contributed by atoms with Gasteiger partial charge in [-0.25, -0.2) is 0 Å². The third kappa shape index (κ3) is 5.84. The standard InChI is InChI=1S/C14H17BrF3NO2/c15-12-10-11(3-4-13(12)21-14(16,17)18)2-1-5-19-6-8-20-9-7-19/h3-4,10H,1-2,5-9H2. The number of rotatable bonds is 5. The summed E-state index contributed by atoms with van der Waals surface area (Å²) in [5, 5.41) is 0. The molecule has 0 spiro atoms. The zero-order valence-electron chi connectivity index (χ0n) is 11.5. The van der Waals surface area contributed by atoms with Crippen molar-refractivity contribution in [1.29, 1.82) is 0 Å². The Hall–Kier alpha value is -0.790. The number of hydrogen-bond donors (Lipinski definition) is 0. The summed E-state index contributed by atoms with van der Waals surface area (Å²) in [5.74, 6) is -0.209. The molecule has 118 valence electrons. The van der Waals surface area contributed by atoms with Crippen molar-refractivity contribution in [2.75, 3.05) is 32.8 Å². The lowest BCUT2D eigenvalue weighted by Crippen LogP contribution is -2.36. The van der Waals surface area contributed by atoms with Crippen molar-refractivity contribution in [2.24, 2.45) is 0 Å². The number of nitrogens with zero attached hydrogens (tertiary/aromatic N) is 1. The summed E-state index contributed by atoms with van der Waals surface area (Å²) in [6.07, 6.45) is -2.88. The number of halogens is 4. The Morgan fingerprint density at radius 1 is 1.24 bits per heavy atom. The molecule has 1 aromatic carbocycles. The van der Waals surface area contributed by atoms with Crippen molar-refractivity contribution >= 4 is 15.9 Å². The first-order chi connectivity index (χ1) is 9.94. The average molecular weight is 368 g/mol. The Morgan fingerprint density at radius 3 is 2.57 bits per heavy atom. The molecule has 1 fully saturated rings. The fourth-order valence-corrected chi connectivity index (χ4v) is 2.75. The average Bonchev–Trinajstić information content (AvgIpc) is 2.42. The molecule has 0 unspecified atom stereocenters. The third-order valence-electron chi connectivity index (χ3n) is 3.27. The van der Waals surface area contributed by atoms with Crippen LogP contribution in [0.2, 0.25) is 0 Å². The van der Waals surface area contributed by atoms with E-state index in [1.165, 1.54) is 6.07 Å². The van der Waals surface area contributed by atoms with Crippen molar-refractivity contribution < 1.29 is 22.6 Å². The minimum atomic E-state index is -4.67. The molecule has 0 atom stereocenters. The highest BCUT2D eigenvalue weighted by atomic mass is 79.9. The summed E-state index contributed by atoms with van der Waals surface area (Å²) in [6.45, 7) is 4.41. The van der Waals surface area contributed by atoms with E-state index in [-0.39, 0.29) is 5.75 Å². The monoisotopic (exact) mass is 367 g/mol. The van der Waals surface area contributed by atoms with Crippen LogP contribution in [0, 0.1) is 0 Å². The molecule has 0 aliphatic carbocycles. The van der Waals surface area contributed by atoms with E-state index < -0.39 is 6.36 Å². The quantitative estimate of drug-likeness (QED) is 0.793. The van der Waals surface area contributed by atoms with E-state index in [2.05, 4.69) is 25.6 Å². The van der Waals surface area contributed by atoms with Crippen molar-refractivity contribution in [3.63, 3.8) is 0 Å². The molecule has 0 aromatic heterocycles. The van der Waals surface area contributed by atoms with Gasteiger partial charge in [0.25, 0.3) is 0 Å². The second kappa shape index (κ2) is 7.47. The molecule has 0 N–H and O–H groups in total. The number of hydrogen-bond acceptors (Lipinski definition) is 3. The predicted molar refractivity (Wildman–Crippen MR) is 76.4 cm³/mol. The molecular formula is C14H17BrF3NO2. The van der Waals surface area contributed by atoms with E-state index in [0.29, 0.717) is 4.47 Å². The molecule has 1 aliphatic heterocycles. The van der Waals surface area contributed by atoms with Gasteiger partial charge >= 0.3 is 6.36 Å². The van der Waals surface area contributed by atoms with E-state index in [9.17, 15) is 13.2 Å². The van der Waals surface area contributed by atoms with Crippen LogP contribution >= 0.6 is 15.9 Å². The summed E-state index contributed by atoms with van der Waals surface area (Å²) in [6, 6.07) is 4.70. The minimum absolute atomic E-state index is 0.209. The topological polar surface area (TPSA) is 21.7 Å².